The standard InChI is InChI=1S/C15H25N3O2/c1-10(15(2,3)4)17-9-11-6-7-12(14(16)18-19)13(8-11)20-5/h6-8,10,17,19H,9H2,1-5H3,(H2,16,18). The molecule has 5 nitrogen and oxygen atoms in total. The molecule has 0 saturated heterocycles. The second kappa shape index (κ2) is 6.61. The van der Waals surface area contributed by atoms with Gasteiger partial charge in [0.1, 0.15) is 5.75 Å². The van der Waals surface area contributed by atoms with Gasteiger partial charge in [-0.15, -0.1) is 0 Å². The highest BCUT2D eigenvalue weighted by Gasteiger charge is 2.19. The summed E-state index contributed by atoms with van der Waals surface area (Å²) in [6.07, 6.45) is 0. The van der Waals surface area contributed by atoms with Crippen LogP contribution < -0.4 is 15.8 Å². The maximum Gasteiger partial charge on any atom is 0.173 e. The number of hydrogen-bond donors (Lipinski definition) is 3. The van der Waals surface area contributed by atoms with Gasteiger partial charge < -0.3 is 21.0 Å². The average Bonchev–Trinajstić information content (AvgIpc) is 2.42. The molecule has 0 aliphatic carbocycles. The van der Waals surface area contributed by atoms with Crippen LogP contribution in [0.3, 0.4) is 0 Å². The maximum absolute atomic E-state index is 8.74. The van der Waals surface area contributed by atoms with Crippen LogP contribution >= 0.6 is 0 Å². The SMILES string of the molecule is COc1cc(CNC(C)C(C)(C)C)ccc1/C(N)=N/O. The first-order chi connectivity index (χ1) is 9.29. The fourth-order valence-electron chi connectivity index (χ4n) is 1.69. The number of nitrogens with one attached hydrogen (secondary N) is 1. The lowest BCUT2D eigenvalue weighted by Crippen LogP contribution is -2.37. The van der Waals surface area contributed by atoms with E-state index >= 15 is 0 Å². The van der Waals surface area contributed by atoms with Gasteiger partial charge in [-0.1, -0.05) is 32.0 Å². The molecule has 0 fully saturated rings. The Morgan fingerprint density at radius 3 is 2.60 bits per heavy atom. The molecule has 1 aromatic rings. The minimum atomic E-state index is 0.0458. The molecule has 0 aliphatic heterocycles. The summed E-state index contributed by atoms with van der Waals surface area (Å²) in [6, 6.07) is 6.03. The van der Waals surface area contributed by atoms with Gasteiger partial charge in [-0.2, -0.15) is 0 Å². The molecule has 0 amide bonds. The summed E-state index contributed by atoms with van der Waals surface area (Å²) in [5.74, 6) is 0.646. The number of nitrogens with two attached hydrogens (primary N) is 1. The Morgan fingerprint density at radius 2 is 2.10 bits per heavy atom. The van der Waals surface area contributed by atoms with Gasteiger partial charge in [-0.3, -0.25) is 0 Å². The summed E-state index contributed by atoms with van der Waals surface area (Å²) in [5.41, 5.74) is 7.49. The molecule has 5 heteroatoms. The number of oxime groups is 1. The summed E-state index contributed by atoms with van der Waals surface area (Å²) in [4.78, 5) is 0. The predicted molar refractivity (Wildman–Crippen MR) is 81.3 cm³/mol. The Bertz CT molecular complexity index is 478. The van der Waals surface area contributed by atoms with Crippen LogP contribution in [0.2, 0.25) is 0 Å². The molecule has 0 aromatic heterocycles. The third-order valence-corrected chi connectivity index (χ3v) is 3.56. The number of amidine groups is 1. The molecular formula is C15H25N3O2. The van der Waals surface area contributed by atoms with E-state index in [-0.39, 0.29) is 11.3 Å². The minimum absolute atomic E-state index is 0.0458. The van der Waals surface area contributed by atoms with Gasteiger partial charge in [-0.25, -0.2) is 0 Å². The van der Waals surface area contributed by atoms with E-state index < -0.39 is 0 Å². The number of rotatable bonds is 5. The monoisotopic (exact) mass is 279 g/mol. The molecular weight excluding hydrogens is 254 g/mol. The van der Waals surface area contributed by atoms with E-state index in [0.717, 1.165) is 12.1 Å². The molecule has 112 valence electrons. The first-order valence-electron chi connectivity index (χ1n) is 6.67. The van der Waals surface area contributed by atoms with Crippen molar-refractivity contribution in [2.24, 2.45) is 16.3 Å². The smallest absolute Gasteiger partial charge is 0.173 e. The van der Waals surface area contributed by atoms with E-state index in [9.17, 15) is 0 Å². The van der Waals surface area contributed by atoms with E-state index in [2.05, 4.69) is 38.2 Å². The minimum Gasteiger partial charge on any atom is -0.496 e. The van der Waals surface area contributed by atoms with Crippen molar-refractivity contribution in [1.82, 2.24) is 5.32 Å². The lowest BCUT2D eigenvalue weighted by molar-refractivity contribution is 0.285. The zero-order valence-corrected chi connectivity index (χ0v) is 12.9. The van der Waals surface area contributed by atoms with Crippen molar-refractivity contribution in [3.05, 3.63) is 29.3 Å². The van der Waals surface area contributed by atoms with Crippen molar-refractivity contribution in [3.8, 4) is 5.75 Å². The molecule has 20 heavy (non-hydrogen) atoms. The zero-order valence-electron chi connectivity index (χ0n) is 12.9. The van der Waals surface area contributed by atoms with Crippen LogP contribution in [0, 0.1) is 5.41 Å². The van der Waals surface area contributed by atoms with E-state index in [4.69, 9.17) is 15.7 Å². The second-order valence-corrected chi connectivity index (χ2v) is 5.99. The Hall–Kier alpha value is -1.75. The van der Waals surface area contributed by atoms with Crippen LogP contribution in [0.25, 0.3) is 0 Å². The number of nitrogens with zero attached hydrogens (tertiary/aromatic N) is 1. The van der Waals surface area contributed by atoms with E-state index in [1.807, 2.05) is 12.1 Å². The van der Waals surface area contributed by atoms with Crippen molar-refractivity contribution in [3.63, 3.8) is 0 Å². The molecule has 0 spiro atoms. The molecule has 0 bridgehead atoms. The third kappa shape index (κ3) is 4.13. The van der Waals surface area contributed by atoms with Gasteiger partial charge >= 0.3 is 0 Å². The fraction of sp³-hybridized carbons (Fsp3) is 0.533. The summed E-state index contributed by atoms with van der Waals surface area (Å²) >= 11 is 0. The molecule has 1 unspecified atom stereocenters. The Balaban J connectivity index is 2.84. The van der Waals surface area contributed by atoms with Crippen LogP contribution in [-0.2, 0) is 6.54 Å². The molecule has 1 aromatic carbocycles. The Labute approximate surface area is 120 Å². The van der Waals surface area contributed by atoms with E-state index in [0.29, 0.717) is 17.4 Å². The first-order valence-corrected chi connectivity index (χ1v) is 6.67. The molecule has 0 aliphatic rings. The van der Waals surface area contributed by atoms with Crippen LogP contribution in [0.5, 0.6) is 5.75 Å². The largest absolute Gasteiger partial charge is 0.496 e. The topological polar surface area (TPSA) is 79.9 Å². The first kappa shape index (κ1) is 16.3. The van der Waals surface area contributed by atoms with Crippen molar-refractivity contribution < 1.29 is 9.94 Å². The van der Waals surface area contributed by atoms with Gasteiger partial charge in [0, 0.05) is 12.6 Å². The van der Waals surface area contributed by atoms with Crippen molar-refractivity contribution >= 4 is 5.84 Å². The Kier molecular flexibility index (Phi) is 5.39. The maximum atomic E-state index is 8.74. The van der Waals surface area contributed by atoms with Crippen LogP contribution in [0.15, 0.2) is 23.4 Å². The number of methoxy groups -OCH3 is 1. The lowest BCUT2D eigenvalue weighted by atomic mass is 9.88. The lowest BCUT2D eigenvalue weighted by Gasteiger charge is -2.28. The molecule has 1 rings (SSSR count). The van der Waals surface area contributed by atoms with Crippen LogP contribution in [0.4, 0.5) is 0 Å². The molecule has 4 N–H and O–H groups in total. The highest BCUT2D eigenvalue weighted by Crippen LogP contribution is 2.22. The van der Waals surface area contributed by atoms with E-state index in [1.54, 1.807) is 13.2 Å². The Morgan fingerprint density at radius 1 is 1.45 bits per heavy atom. The van der Waals surface area contributed by atoms with Gasteiger partial charge in [0.25, 0.3) is 0 Å². The van der Waals surface area contributed by atoms with Crippen LogP contribution in [0.1, 0.15) is 38.8 Å². The van der Waals surface area contributed by atoms with E-state index in [1.165, 1.54) is 0 Å². The second-order valence-electron chi connectivity index (χ2n) is 5.99. The normalized spacial score (nSPS) is 14.2. The fourth-order valence-corrected chi connectivity index (χ4v) is 1.69. The summed E-state index contributed by atoms with van der Waals surface area (Å²) in [5, 5.41) is 15.2. The van der Waals surface area contributed by atoms with Crippen LogP contribution in [-0.4, -0.2) is 24.2 Å². The molecule has 0 heterocycles. The quantitative estimate of drug-likeness (QED) is 0.334. The number of ether oxygens (including phenoxy) is 1. The highest BCUT2D eigenvalue weighted by molar-refractivity contribution is 5.99. The number of benzene rings is 1. The van der Waals surface area contributed by atoms with Gasteiger partial charge in [0.05, 0.1) is 12.7 Å². The summed E-state index contributed by atoms with van der Waals surface area (Å²) in [6.45, 7) is 9.51. The zero-order chi connectivity index (χ0) is 15.3. The van der Waals surface area contributed by atoms with Crippen molar-refractivity contribution in [2.45, 2.75) is 40.3 Å². The molecule has 0 saturated carbocycles. The average molecular weight is 279 g/mol. The predicted octanol–water partition coefficient (Wildman–Crippen LogP) is 2.31. The molecule has 1 atom stereocenters. The van der Waals surface area contributed by atoms with Gasteiger partial charge in [0.15, 0.2) is 5.84 Å². The third-order valence-electron chi connectivity index (χ3n) is 3.56. The van der Waals surface area contributed by atoms with Gasteiger partial charge in [-0.05, 0) is 30.0 Å². The molecule has 0 radical (unpaired) electrons. The summed E-state index contributed by atoms with van der Waals surface area (Å²) < 4.78 is 5.28. The van der Waals surface area contributed by atoms with Crippen molar-refractivity contribution in [2.75, 3.05) is 7.11 Å². The summed E-state index contributed by atoms with van der Waals surface area (Å²) in [7, 11) is 1.57. The number of hydrogen-bond acceptors (Lipinski definition) is 4. The van der Waals surface area contributed by atoms with Gasteiger partial charge in [0.2, 0.25) is 0 Å². The van der Waals surface area contributed by atoms with Crippen molar-refractivity contribution in [1.29, 1.82) is 0 Å². The highest BCUT2D eigenvalue weighted by atomic mass is 16.5.